The minimum Gasteiger partial charge on any atom is -0.463 e. The summed E-state index contributed by atoms with van der Waals surface area (Å²) >= 11 is 0. The highest BCUT2D eigenvalue weighted by molar-refractivity contribution is 6.07. The van der Waals surface area contributed by atoms with E-state index in [0.29, 0.717) is 26.2 Å². The van der Waals surface area contributed by atoms with E-state index >= 15 is 0 Å². The first-order chi connectivity index (χ1) is 26.4. The van der Waals surface area contributed by atoms with Gasteiger partial charge in [-0.25, -0.2) is 0 Å². The average molecular weight is 756 g/mol. The molecule has 4 aliphatic rings. The molecule has 2 aliphatic heterocycles. The SMILES string of the molecule is C=C[C@H]1/C(=C\C(C)C)[C@@H](/C=C\[C@H]2/C(=C\C(C)C)[C@@H](C=Cc3ccccc3)[C@@H]3C(=O)N(CC[NH3+])C(=O)[C@@H]32)[C@@H]2C(=O)N(CCNCCC(=O)OCCOC)C(=O)[C@@H]21. The predicted octanol–water partition coefficient (Wildman–Crippen LogP) is 3.71. The Balaban J connectivity index is 1.45. The number of carbonyl (C=O) groups excluding carboxylic acids is 5. The molecule has 2 aliphatic carbocycles. The van der Waals surface area contributed by atoms with E-state index in [1.54, 1.807) is 6.08 Å². The number of quaternary nitrogens is 1. The number of amides is 4. The fourth-order valence-electron chi connectivity index (χ4n) is 8.96. The molecule has 4 amide bonds. The average Bonchev–Trinajstić information content (AvgIpc) is 3.78. The molecule has 2 saturated carbocycles. The molecule has 55 heavy (non-hydrogen) atoms. The van der Waals surface area contributed by atoms with Gasteiger partial charge in [-0.1, -0.05) is 112 Å². The molecule has 2 heterocycles. The summed E-state index contributed by atoms with van der Waals surface area (Å²) in [5.41, 5.74) is 6.94. The molecule has 2 saturated heterocycles. The summed E-state index contributed by atoms with van der Waals surface area (Å²) in [7, 11) is 1.54. The van der Waals surface area contributed by atoms with E-state index in [0.717, 1.165) is 16.7 Å². The summed E-state index contributed by atoms with van der Waals surface area (Å²) in [6.45, 7) is 14.5. The van der Waals surface area contributed by atoms with Crippen molar-refractivity contribution in [1.29, 1.82) is 0 Å². The van der Waals surface area contributed by atoms with E-state index < -0.39 is 29.6 Å². The number of nitrogens with one attached hydrogen (secondary N) is 1. The summed E-state index contributed by atoms with van der Waals surface area (Å²) in [6.07, 6.45) is 14.5. The van der Waals surface area contributed by atoms with Gasteiger partial charge in [0.1, 0.15) is 6.61 Å². The summed E-state index contributed by atoms with van der Waals surface area (Å²) < 4.78 is 10.0. The Bertz CT molecular complexity index is 1710. The highest BCUT2D eigenvalue weighted by Gasteiger charge is 2.61. The van der Waals surface area contributed by atoms with Gasteiger partial charge in [0.05, 0.1) is 49.8 Å². The van der Waals surface area contributed by atoms with Crippen LogP contribution in [0.2, 0.25) is 0 Å². The normalized spacial score (nSPS) is 29.4. The highest BCUT2D eigenvalue weighted by atomic mass is 16.6. The number of imide groups is 2. The number of esters is 1. The largest absolute Gasteiger partial charge is 0.463 e. The van der Waals surface area contributed by atoms with Gasteiger partial charge < -0.3 is 20.5 Å². The van der Waals surface area contributed by atoms with Crippen molar-refractivity contribution < 1.29 is 39.2 Å². The van der Waals surface area contributed by atoms with Crippen molar-refractivity contribution in [3.63, 3.8) is 0 Å². The molecule has 0 spiro atoms. The van der Waals surface area contributed by atoms with Crippen LogP contribution in [0.1, 0.15) is 39.7 Å². The van der Waals surface area contributed by atoms with Gasteiger partial charge in [-0.05, 0) is 17.4 Å². The monoisotopic (exact) mass is 755 g/mol. The van der Waals surface area contributed by atoms with Gasteiger partial charge in [0.2, 0.25) is 23.6 Å². The number of hydrogen-bond acceptors (Lipinski definition) is 8. The van der Waals surface area contributed by atoms with Crippen molar-refractivity contribution in [3.8, 4) is 0 Å². The van der Waals surface area contributed by atoms with Gasteiger partial charge in [-0.3, -0.25) is 33.8 Å². The molecule has 5 rings (SSSR count). The number of methoxy groups -OCH3 is 1. The van der Waals surface area contributed by atoms with Crippen molar-refractivity contribution in [2.75, 3.05) is 53.0 Å². The number of benzene rings is 1. The first-order valence-corrected chi connectivity index (χ1v) is 19.8. The Hall–Kier alpha value is -4.45. The lowest BCUT2D eigenvalue weighted by Gasteiger charge is -2.23. The van der Waals surface area contributed by atoms with E-state index in [2.05, 4.69) is 69.6 Å². The molecule has 11 nitrogen and oxygen atoms in total. The predicted molar refractivity (Wildman–Crippen MR) is 210 cm³/mol. The van der Waals surface area contributed by atoms with E-state index in [1.807, 2.05) is 42.5 Å². The Kier molecular flexibility index (Phi) is 14.4. The third-order valence-corrected chi connectivity index (χ3v) is 11.1. The summed E-state index contributed by atoms with van der Waals surface area (Å²) in [5.74, 6) is -4.58. The van der Waals surface area contributed by atoms with E-state index in [1.165, 1.54) is 16.9 Å². The standard InChI is InChI=1S/C44H58N4O7/c1-7-30-34(25-27(2)3)32(38-37(30)41(50)48(44(38)53)22-20-46-19-17-36(49)55-24-23-54-6)15-16-33-35(26-28(4)5)31(14-13-29-11-9-8-10-12-29)39-40(33)43(52)47(21-18-45)42(39)51/h7-16,25-28,30-33,37-40,46H,1,17-24,45H2,2-6H3/p+1/b14-13?,16-15-,34-25+,35-26-/t30-,31+,32+,33-,37+,38-,39-,40+/m0/s1. The van der Waals surface area contributed by atoms with E-state index in [-0.39, 0.29) is 85.3 Å². The lowest BCUT2D eigenvalue weighted by atomic mass is 9.84. The fraction of sp³-hybridized carbons (Fsp3) is 0.523. The van der Waals surface area contributed by atoms with Crippen LogP contribution in [-0.2, 0) is 33.4 Å². The quantitative estimate of drug-likeness (QED) is 0.0998. The van der Waals surface area contributed by atoms with Crippen molar-refractivity contribution >= 4 is 35.7 Å². The minimum absolute atomic E-state index is 0.156. The Morgan fingerprint density at radius 2 is 1.27 bits per heavy atom. The minimum atomic E-state index is -0.625. The van der Waals surface area contributed by atoms with Gasteiger partial charge in [0, 0.05) is 50.4 Å². The number of nitrogens with zero attached hydrogens (tertiary/aromatic N) is 2. The molecule has 0 unspecified atom stereocenters. The molecule has 11 heteroatoms. The maximum Gasteiger partial charge on any atom is 0.307 e. The molecule has 4 N–H and O–H groups in total. The maximum atomic E-state index is 14.3. The third kappa shape index (κ3) is 9.00. The molecule has 0 bridgehead atoms. The van der Waals surface area contributed by atoms with Crippen LogP contribution >= 0.6 is 0 Å². The number of ether oxygens (including phenoxy) is 2. The van der Waals surface area contributed by atoms with Crippen LogP contribution in [0.3, 0.4) is 0 Å². The van der Waals surface area contributed by atoms with E-state index in [4.69, 9.17) is 9.47 Å². The van der Waals surface area contributed by atoms with Crippen molar-refractivity contribution in [1.82, 2.24) is 15.1 Å². The summed E-state index contributed by atoms with van der Waals surface area (Å²) in [6, 6.07) is 9.93. The van der Waals surface area contributed by atoms with Crippen molar-refractivity contribution in [3.05, 3.63) is 90.1 Å². The van der Waals surface area contributed by atoms with Crippen molar-refractivity contribution in [2.24, 2.45) is 59.2 Å². The second-order valence-electron chi connectivity index (χ2n) is 15.6. The molecule has 1 aromatic rings. The van der Waals surface area contributed by atoms with Gasteiger partial charge in [0.25, 0.3) is 0 Å². The lowest BCUT2D eigenvalue weighted by Crippen LogP contribution is -2.56. The third-order valence-electron chi connectivity index (χ3n) is 11.1. The summed E-state index contributed by atoms with van der Waals surface area (Å²) in [4.78, 5) is 71.2. The van der Waals surface area contributed by atoms with Gasteiger partial charge in [-0.2, -0.15) is 0 Å². The topological polar surface area (TPSA) is 150 Å². The van der Waals surface area contributed by atoms with Crippen LogP contribution < -0.4 is 11.1 Å². The fourth-order valence-corrected chi connectivity index (χ4v) is 8.96. The van der Waals surface area contributed by atoms with Gasteiger partial charge in [-0.15, -0.1) is 6.58 Å². The molecular weight excluding hydrogens is 697 g/mol. The Morgan fingerprint density at radius 3 is 1.78 bits per heavy atom. The van der Waals surface area contributed by atoms with E-state index in [9.17, 15) is 24.0 Å². The van der Waals surface area contributed by atoms with Gasteiger partial charge in [0.15, 0.2) is 0 Å². The zero-order valence-corrected chi connectivity index (χ0v) is 33.0. The van der Waals surface area contributed by atoms with Crippen LogP contribution in [0.15, 0.2) is 84.5 Å². The molecule has 4 fully saturated rings. The van der Waals surface area contributed by atoms with Crippen LogP contribution in [0.5, 0.6) is 0 Å². The number of hydrogen-bond donors (Lipinski definition) is 2. The summed E-state index contributed by atoms with van der Waals surface area (Å²) in [5, 5.41) is 3.16. The Labute approximate surface area is 325 Å². The molecular formula is C44H59N4O7+. The molecule has 1 aromatic carbocycles. The number of carbonyl (C=O) groups is 5. The number of rotatable bonds is 18. The molecule has 0 aromatic heterocycles. The number of likely N-dealkylation sites (tertiary alicyclic amines) is 2. The zero-order valence-electron chi connectivity index (χ0n) is 33.0. The second-order valence-corrected chi connectivity index (χ2v) is 15.6. The smallest absolute Gasteiger partial charge is 0.307 e. The maximum absolute atomic E-state index is 14.3. The Morgan fingerprint density at radius 1 is 0.764 bits per heavy atom. The second kappa shape index (κ2) is 18.9. The lowest BCUT2D eigenvalue weighted by molar-refractivity contribution is -0.367. The number of allylic oxidation sites excluding steroid dienone is 8. The van der Waals surface area contributed by atoms with Crippen molar-refractivity contribution in [2.45, 2.75) is 34.1 Å². The van der Waals surface area contributed by atoms with Crippen LogP contribution in [0, 0.1) is 59.2 Å². The van der Waals surface area contributed by atoms with Gasteiger partial charge >= 0.3 is 5.97 Å². The van der Waals surface area contributed by atoms with Crippen LogP contribution in [0.4, 0.5) is 0 Å². The number of fused-ring (bicyclic) bond motifs is 2. The van der Waals surface area contributed by atoms with Crippen LogP contribution in [-0.4, -0.2) is 92.4 Å². The zero-order chi connectivity index (χ0) is 39.8. The molecule has 0 radical (unpaired) electrons. The molecule has 296 valence electrons. The first kappa shape index (κ1) is 41.7. The first-order valence-electron chi connectivity index (χ1n) is 19.8. The van der Waals surface area contributed by atoms with Crippen LogP contribution in [0.25, 0.3) is 6.08 Å². The molecule has 8 atom stereocenters. The highest BCUT2D eigenvalue weighted by Crippen LogP contribution is 2.55.